The van der Waals surface area contributed by atoms with Gasteiger partial charge in [0.1, 0.15) is 17.2 Å². The van der Waals surface area contributed by atoms with Crippen LogP contribution in [-0.2, 0) is 0 Å². The van der Waals surface area contributed by atoms with Crippen LogP contribution in [0.1, 0.15) is 21.5 Å². The lowest BCUT2D eigenvalue weighted by Crippen LogP contribution is -2.14. The minimum atomic E-state index is -0.305. The molecular formula is C22H17Cl2N3O. The summed E-state index contributed by atoms with van der Waals surface area (Å²) in [5.74, 6) is 0.296. The minimum Gasteiger partial charge on any atom is -0.306 e. The molecule has 140 valence electrons. The second kappa shape index (κ2) is 7.30. The smallest absolute Gasteiger partial charge is 0.256 e. The van der Waals surface area contributed by atoms with E-state index in [0.29, 0.717) is 27.1 Å². The molecule has 28 heavy (non-hydrogen) atoms. The highest BCUT2D eigenvalue weighted by Crippen LogP contribution is 2.30. The quantitative estimate of drug-likeness (QED) is 0.439. The first-order chi connectivity index (χ1) is 13.4. The van der Waals surface area contributed by atoms with Gasteiger partial charge in [0.25, 0.3) is 5.91 Å². The van der Waals surface area contributed by atoms with Crippen LogP contribution in [0, 0.1) is 13.8 Å². The highest BCUT2D eigenvalue weighted by molar-refractivity contribution is 6.35. The molecule has 0 aliphatic rings. The summed E-state index contributed by atoms with van der Waals surface area (Å²) in [5, 5.41) is 3.80. The van der Waals surface area contributed by atoms with E-state index in [1.807, 2.05) is 60.8 Å². The Balaban J connectivity index is 1.84. The van der Waals surface area contributed by atoms with Crippen LogP contribution in [0.2, 0.25) is 10.0 Å². The summed E-state index contributed by atoms with van der Waals surface area (Å²) in [7, 11) is 0. The Kier molecular flexibility index (Phi) is 4.84. The number of carbonyl (C=O) groups excluding carboxylic acids is 1. The minimum absolute atomic E-state index is 0.305. The van der Waals surface area contributed by atoms with Crippen molar-refractivity contribution in [2.24, 2.45) is 0 Å². The second-order valence-corrected chi connectivity index (χ2v) is 7.59. The number of aromatic nitrogens is 2. The molecule has 0 atom stereocenters. The maximum atomic E-state index is 12.9. The van der Waals surface area contributed by atoms with Gasteiger partial charge >= 0.3 is 0 Å². The molecule has 0 spiro atoms. The molecule has 6 heteroatoms. The van der Waals surface area contributed by atoms with Gasteiger partial charge in [0, 0.05) is 27.4 Å². The predicted octanol–water partition coefficient (Wildman–Crippen LogP) is 6.18. The molecule has 0 unspecified atom stereocenters. The molecule has 0 aliphatic carbocycles. The number of nitrogens with zero attached hydrogens (tertiary/aromatic N) is 2. The Hall–Kier alpha value is -2.82. The number of fused-ring (bicyclic) bond motifs is 1. The molecule has 1 N–H and O–H groups in total. The van der Waals surface area contributed by atoms with E-state index in [-0.39, 0.29) is 5.91 Å². The summed E-state index contributed by atoms with van der Waals surface area (Å²) in [4.78, 5) is 17.6. The number of benzene rings is 2. The molecule has 2 heterocycles. The lowest BCUT2D eigenvalue weighted by Gasteiger charge is -2.09. The fourth-order valence-corrected chi connectivity index (χ4v) is 3.57. The van der Waals surface area contributed by atoms with Gasteiger partial charge in [0.05, 0.1) is 0 Å². The Morgan fingerprint density at radius 2 is 1.57 bits per heavy atom. The number of imidazole rings is 1. The molecule has 0 radical (unpaired) electrons. The van der Waals surface area contributed by atoms with Crippen LogP contribution >= 0.6 is 23.2 Å². The van der Waals surface area contributed by atoms with E-state index < -0.39 is 0 Å². The van der Waals surface area contributed by atoms with Crippen molar-refractivity contribution in [2.75, 3.05) is 5.32 Å². The van der Waals surface area contributed by atoms with Crippen LogP contribution < -0.4 is 5.32 Å². The summed E-state index contributed by atoms with van der Waals surface area (Å²) in [6, 6.07) is 16.7. The van der Waals surface area contributed by atoms with Gasteiger partial charge in [-0.25, -0.2) is 4.98 Å². The number of hydrogen-bond donors (Lipinski definition) is 1. The summed E-state index contributed by atoms with van der Waals surface area (Å²) in [5.41, 5.74) is 4.97. The van der Waals surface area contributed by atoms with Crippen LogP contribution in [0.15, 0.2) is 60.8 Å². The van der Waals surface area contributed by atoms with Gasteiger partial charge in [-0.2, -0.15) is 0 Å². The Morgan fingerprint density at radius 1 is 0.929 bits per heavy atom. The molecular weight excluding hydrogens is 393 g/mol. The molecule has 1 amide bonds. The molecule has 2 aromatic carbocycles. The van der Waals surface area contributed by atoms with Gasteiger partial charge in [0.15, 0.2) is 0 Å². The lowest BCUT2D eigenvalue weighted by molar-refractivity contribution is 0.102. The molecule has 4 rings (SSSR count). The lowest BCUT2D eigenvalue weighted by atomic mass is 10.1. The number of nitrogens with one attached hydrogen (secondary N) is 1. The average Bonchev–Trinajstić information content (AvgIpc) is 2.99. The van der Waals surface area contributed by atoms with Gasteiger partial charge in [-0.3, -0.25) is 9.20 Å². The van der Waals surface area contributed by atoms with Crippen molar-refractivity contribution < 1.29 is 4.79 Å². The molecule has 0 aliphatic heterocycles. The van der Waals surface area contributed by atoms with Crippen molar-refractivity contribution in [2.45, 2.75) is 13.8 Å². The molecule has 4 aromatic rings. The first-order valence-corrected chi connectivity index (χ1v) is 9.49. The fraction of sp³-hybridized carbons (Fsp3) is 0.0909. The van der Waals surface area contributed by atoms with Crippen molar-refractivity contribution in [3.8, 4) is 11.3 Å². The van der Waals surface area contributed by atoms with Crippen LogP contribution in [0.25, 0.3) is 16.9 Å². The van der Waals surface area contributed by atoms with E-state index >= 15 is 0 Å². The average molecular weight is 410 g/mol. The normalized spacial score (nSPS) is 11.0. The molecule has 0 saturated carbocycles. The van der Waals surface area contributed by atoms with E-state index in [0.717, 1.165) is 22.3 Å². The maximum Gasteiger partial charge on any atom is 0.256 e. The third kappa shape index (κ3) is 3.61. The van der Waals surface area contributed by atoms with Gasteiger partial charge in [0.2, 0.25) is 0 Å². The van der Waals surface area contributed by atoms with E-state index in [2.05, 4.69) is 5.32 Å². The zero-order valence-electron chi connectivity index (χ0n) is 15.3. The third-order valence-corrected chi connectivity index (χ3v) is 4.88. The molecule has 0 saturated heterocycles. The highest BCUT2D eigenvalue weighted by Gasteiger charge is 2.18. The van der Waals surface area contributed by atoms with E-state index in [9.17, 15) is 4.79 Å². The second-order valence-electron chi connectivity index (χ2n) is 6.72. The largest absolute Gasteiger partial charge is 0.306 e. The number of carbonyl (C=O) groups is 1. The maximum absolute atomic E-state index is 12.9. The van der Waals surface area contributed by atoms with Gasteiger partial charge in [-0.1, -0.05) is 59.1 Å². The van der Waals surface area contributed by atoms with Crippen LogP contribution in [-0.4, -0.2) is 15.3 Å². The fourth-order valence-electron chi connectivity index (χ4n) is 3.05. The first kappa shape index (κ1) is 18.5. The number of halogens is 2. The summed E-state index contributed by atoms with van der Waals surface area (Å²) in [6.45, 7) is 4.02. The van der Waals surface area contributed by atoms with Gasteiger partial charge in [-0.05, 0) is 43.7 Å². The van der Waals surface area contributed by atoms with Crippen molar-refractivity contribution >= 4 is 40.6 Å². The predicted molar refractivity (Wildman–Crippen MR) is 115 cm³/mol. The van der Waals surface area contributed by atoms with E-state index in [1.54, 1.807) is 18.2 Å². The first-order valence-electron chi connectivity index (χ1n) is 8.74. The van der Waals surface area contributed by atoms with Crippen molar-refractivity contribution in [3.63, 3.8) is 0 Å². The van der Waals surface area contributed by atoms with Crippen molar-refractivity contribution in [1.82, 2.24) is 9.38 Å². The standard InChI is InChI=1S/C22H17Cl2N3O/c1-13-3-6-15(7-4-13)20-21(27-12-14(2)5-8-19(27)25-20)26-22(28)16-9-17(23)11-18(24)10-16/h3-12H,1-2H3,(H,26,28). The summed E-state index contributed by atoms with van der Waals surface area (Å²) >= 11 is 12.1. The number of rotatable bonds is 3. The van der Waals surface area contributed by atoms with Crippen LogP contribution in [0.3, 0.4) is 0 Å². The van der Waals surface area contributed by atoms with Crippen molar-refractivity contribution in [1.29, 1.82) is 0 Å². The van der Waals surface area contributed by atoms with Crippen molar-refractivity contribution in [3.05, 3.63) is 87.5 Å². The summed E-state index contributed by atoms with van der Waals surface area (Å²) in [6.07, 6.45) is 1.95. The number of pyridine rings is 1. The molecule has 0 fully saturated rings. The number of hydrogen-bond acceptors (Lipinski definition) is 2. The summed E-state index contributed by atoms with van der Waals surface area (Å²) < 4.78 is 1.88. The molecule has 0 bridgehead atoms. The third-order valence-electron chi connectivity index (χ3n) is 4.45. The van der Waals surface area contributed by atoms with Gasteiger partial charge < -0.3 is 5.32 Å². The highest BCUT2D eigenvalue weighted by atomic mass is 35.5. The van der Waals surface area contributed by atoms with Crippen LogP contribution in [0.4, 0.5) is 5.82 Å². The Morgan fingerprint density at radius 3 is 2.25 bits per heavy atom. The Labute approximate surface area is 172 Å². The van der Waals surface area contributed by atoms with Gasteiger partial charge in [-0.15, -0.1) is 0 Å². The zero-order chi connectivity index (χ0) is 19.8. The molecule has 2 aromatic heterocycles. The number of amides is 1. The molecule has 4 nitrogen and oxygen atoms in total. The van der Waals surface area contributed by atoms with E-state index in [1.165, 1.54) is 0 Å². The zero-order valence-corrected chi connectivity index (χ0v) is 16.8. The topological polar surface area (TPSA) is 46.4 Å². The number of anilines is 1. The number of aryl methyl sites for hydroxylation is 2. The van der Waals surface area contributed by atoms with E-state index in [4.69, 9.17) is 28.2 Å². The SMILES string of the molecule is Cc1ccc(-c2nc3ccc(C)cn3c2NC(=O)c2cc(Cl)cc(Cl)c2)cc1. The Bertz CT molecular complexity index is 1180. The van der Waals surface area contributed by atoms with Crippen LogP contribution in [0.5, 0.6) is 0 Å². The monoisotopic (exact) mass is 409 g/mol.